The minimum atomic E-state index is -0.0686. The van der Waals surface area contributed by atoms with E-state index in [0.717, 1.165) is 39.2 Å². The molecule has 0 aliphatic heterocycles. The van der Waals surface area contributed by atoms with Crippen LogP contribution in [-0.2, 0) is 5.41 Å². The highest BCUT2D eigenvalue weighted by atomic mass is 32.1. The van der Waals surface area contributed by atoms with E-state index in [0.29, 0.717) is 5.82 Å². The quantitative estimate of drug-likeness (QED) is 0.169. The van der Waals surface area contributed by atoms with Crippen LogP contribution >= 0.6 is 11.3 Å². The molecule has 0 atom stereocenters. The lowest BCUT2D eigenvalue weighted by molar-refractivity contribution is 0.660. The number of rotatable bonds is 6. The number of aromatic nitrogens is 2. The van der Waals surface area contributed by atoms with Gasteiger partial charge in [-0.2, -0.15) is 0 Å². The first-order chi connectivity index (χ1) is 28.5. The Bertz CT molecular complexity index is 3190. The first-order valence-corrected chi connectivity index (χ1v) is 20.7. The van der Waals surface area contributed by atoms with Crippen LogP contribution < -0.4 is 0 Å². The second-order valence-electron chi connectivity index (χ2n) is 15.7. The van der Waals surface area contributed by atoms with Crippen LogP contribution in [-0.4, -0.2) is 9.97 Å². The molecule has 0 saturated heterocycles. The van der Waals surface area contributed by atoms with Crippen LogP contribution in [0, 0.1) is 0 Å². The molecule has 0 radical (unpaired) electrons. The molecule has 0 fully saturated rings. The fourth-order valence-electron chi connectivity index (χ4n) is 9.04. The Morgan fingerprint density at radius 3 is 1.78 bits per heavy atom. The Labute approximate surface area is 342 Å². The van der Waals surface area contributed by atoms with Gasteiger partial charge in [0, 0.05) is 42.3 Å². The number of thiophene rings is 1. The molecule has 1 aliphatic carbocycles. The summed E-state index contributed by atoms with van der Waals surface area (Å²) in [5.74, 6) is 0.701. The Balaban J connectivity index is 1.11. The summed E-state index contributed by atoms with van der Waals surface area (Å²) in [5, 5.41) is 2.58. The highest BCUT2D eigenvalue weighted by molar-refractivity contribution is 7.25. The van der Waals surface area contributed by atoms with Crippen LogP contribution in [0.2, 0.25) is 0 Å². The van der Waals surface area contributed by atoms with Crippen molar-refractivity contribution >= 4 is 31.5 Å². The fraction of sp³-hybridized carbons (Fsp3) is 0.0545. The lowest BCUT2D eigenvalue weighted by Gasteiger charge is -2.21. The van der Waals surface area contributed by atoms with Crippen LogP contribution in [0.5, 0.6) is 0 Å². The largest absolute Gasteiger partial charge is 0.228 e. The third kappa shape index (κ3) is 5.69. The maximum absolute atomic E-state index is 5.33. The molecule has 0 bridgehead atoms. The average Bonchev–Trinajstić information content (AvgIpc) is 3.79. The molecule has 3 heteroatoms. The zero-order valence-corrected chi connectivity index (χ0v) is 33.1. The molecule has 0 amide bonds. The van der Waals surface area contributed by atoms with E-state index in [4.69, 9.17) is 9.97 Å². The summed E-state index contributed by atoms with van der Waals surface area (Å²) in [6.07, 6.45) is 0. The van der Waals surface area contributed by atoms with Crippen molar-refractivity contribution in [2.75, 3.05) is 0 Å². The molecule has 0 N–H and O–H groups in total. The number of hydrogen-bond donors (Lipinski definition) is 0. The molecule has 8 aromatic carbocycles. The molecule has 274 valence electrons. The van der Waals surface area contributed by atoms with E-state index in [2.05, 4.69) is 202 Å². The lowest BCUT2D eigenvalue weighted by atomic mass is 9.82. The molecule has 10 aromatic rings. The fourth-order valence-corrected chi connectivity index (χ4v) is 10.2. The molecule has 2 aromatic heterocycles. The summed E-state index contributed by atoms with van der Waals surface area (Å²) in [4.78, 5) is 10.6. The van der Waals surface area contributed by atoms with Gasteiger partial charge in [-0.15, -0.1) is 11.3 Å². The van der Waals surface area contributed by atoms with E-state index in [9.17, 15) is 0 Å². The lowest BCUT2D eigenvalue weighted by Crippen LogP contribution is -2.14. The molecular formula is C55H38N2S. The summed E-state index contributed by atoms with van der Waals surface area (Å²) >= 11 is 1.85. The normalized spacial score (nSPS) is 12.8. The van der Waals surface area contributed by atoms with Gasteiger partial charge in [0.05, 0.1) is 11.4 Å². The summed E-state index contributed by atoms with van der Waals surface area (Å²) in [7, 11) is 0. The van der Waals surface area contributed by atoms with E-state index in [-0.39, 0.29) is 5.41 Å². The van der Waals surface area contributed by atoms with Crippen molar-refractivity contribution < 1.29 is 0 Å². The van der Waals surface area contributed by atoms with Crippen molar-refractivity contribution in [1.82, 2.24) is 9.97 Å². The minimum Gasteiger partial charge on any atom is -0.228 e. The zero-order chi connectivity index (χ0) is 38.8. The SMILES string of the molecule is CC1(C)c2ccccc2-c2c(-c3cccc(-c4cc(-c5cc(-c6ccccc6)cc(-c6cccc7sc8ccccc8c67)c5)nc(-c5ccccc5)n4)c3)cccc21. The Morgan fingerprint density at radius 2 is 0.931 bits per heavy atom. The van der Waals surface area contributed by atoms with Gasteiger partial charge in [-0.05, 0) is 98.1 Å². The highest BCUT2D eigenvalue weighted by Crippen LogP contribution is 2.52. The molecule has 2 nitrogen and oxygen atoms in total. The Hall–Kier alpha value is -6.94. The molecular weight excluding hydrogens is 721 g/mol. The van der Waals surface area contributed by atoms with Gasteiger partial charge >= 0.3 is 0 Å². The zero-order valence-electron chi connectivity index (χ0n) is 32.3. The molecule has 0 saturated carbocycles. The third-order valence-electron chi connectivity index (χ3n) is 11.9. The number of fused-ring (bicyclic) bond motifs is 6. The third-order valence-corrected chi connectivity index (χ3v) is 13.0. The Kier molecular flexibility index (Phi) is 8.06. The van der Waals surface area contributed by atoms with Crippen molar-refractivity contribution in [2.45, 2.75) is 19.3 Å². The van der Waals surface area contributed by atoms with Gasteiger partial charge in [0.15, 0.2) is 5.82 Å². The molecule has 2 heterocycles. The summed E-state index contributed by atoms with van der Waals surface area (Å²) in [6, 6.07) is 70.1. The van der Waals surface area contributed by atoms with Crippen LogP contribution in [0.25, 0.3) is 98.6 Å². The summed E-state index contributed by atoms with van der Waals surface area (Å²) < 4.78 is 2.59. The van der Waals surface area contributed by atoms with E-state index in [1.807, 2.05) is 17.4 Å². The van der Waals surface area contributed by atoms with Gasteiger partial charge in [0.2, 0.25) is 0 Å². The maximum Gasteiger partial charge on any atom is 0.160 e. The predicted molar refractivity (Wildman–Crippen MR) is 245 cm³/mol. The van der Waals surface area contributed by atoms with E-state index in [1.54, 1.807) is 0 Å². The standard InChI is InChI=1S/C55H38N2S/c1-55(2)46-26-11-9-22-44(46)52-42(24-14-27-47(52)55)37-20-13-21-38(30-37)48-34-49(57-54(56-48)36-18-7-4-8-19-36)41-32-39(35-16-5-3-6-17-35)31-40(33-41)43-25-15-29-51-53(43)45-23-10-12-28-50(45)58-51/h3-34H,1-2H3. The molecule has 0 unspecified atom stereocenters. The van der Waals surface area contributed by atoms with Gasteiger partial charge in [0.25, 0.3) is 0 Å². The molecule has 1 aliphatic rings. The average molecular weight is 759 g/mol. The predicted octanol–water partition coefficient (Wildman–Crippen LogP) is 15.2. The van der Waals surface area contributed by atoms with E-state index >= 15 is 0 Å². The Morgan fingerprint density at radius 1 is 0.379 bits per heavy atom. The second kappa shape index (κ2) is 13.6. The number of benzene rings is 8. The summed E-state index contributed by atoms with van der Waals surface area (Å²) in [5.41, 5.74) is 17.3. The van der Waals surface area contributed by atoms with Crippen molar-refractivity contribution in [1.29, 1.82) is 0 Å². The van der Waals surface area contributed by atoms with Gasteiger partial charge < -0.3 is 0 Å². The van der Waals surface area contributed by atoms with Crippen LogP contribution in [0.3, 0.4) is 0 Å². The first-order valence-electron chi connectivity index (χ1n) is 19.9. The minimum absolute atomic E-state index is 0.0686. The smallest absolute Gasteiger partial charge is 0.160 e. The van der Waals surface area contributed by atoms with Crippen molar-refractivity contribution in [3.63, 3.8) is 0 Å². The molecule has 0 spiro atoms. The number of hydrogen-bond acceptors (Lipinski definition) is 3. The van der Waals surface area contributed by atoms with Gasteiger partial charge in [0.1, 0.15) is 0 Å². The van der Waals surface area contributed by atoms with Gasteiger partial charge in [-0.1, -0.05) is 166 Å². The van der Waals surface area contributed by atoms with Gasteiger partial charge in [-0.25, -0.2) is 9.97 Å². The summed E-state index contributed by atoms with van der Waals surface area (Å²) in [6.45, 7) is 4.68. The molecule has 58 heavy (non-hydrogen) atoms. The van der Waals surface area contributed by atoms with Crippen LogP contribution in [0.4, 0.5) is 0 Å². The van der Waals surface area contributed by atoms with E-state index in [1.165, 1.54) is 64.7 Å². The van der Waals surface area contributed by atoms with Crippen LogP contribution in [0.15, 0.2) is 194 Å². The first kappa shape index (κ1) is 34.3. The monoisotopic (exact) mass is 758 g/mol. The topological polar surface area (TPSA) is 25.8 Å². The maximum atomic E-state index is 5.33. The highest BCUT2D eigenvalue weighted by Gasteiger charge is 2.36. The second-order valence-corrected chi connectivity index (χ2v) is 16.8. The van der Waals surface area contributed by atoms with Crippen molar-refractivity contribution in [3.8, 4) is 78.4 Å². The van der Waals surface area contributed by atoms with Gasteiger partial charge in [-0.3, -0.25) is 0 Å². The number of nitrogens with zero attached hydrogens (tertiary/aromatic N) is 2. The van der Waals surface area contributed by atoms with Crippen LogP contribution in [0.1, 0.15) is 25.0 Å². The van der Waals surface area contributed by atoms with Crippen molar-refractivity contribution in [3.05, 3.63) is 205 Å². The molecule has 11 rings (SSSR count). The van der Waals surface area contributed by atoms with E-state index < -0.39 is 0 Å². The van der Waals surface area contributed by atoms with Crippen molar-refractivity contribution in [2.24, 2.45) is 0 Å².